The minimum atomic E-state index is -0.585. The van der Waals surface area contributed by atoms with Gasteiger partial charge >= 0.3 is 5.97 Å². The summed E-state index contributed by atoms with van der Waals surface area (Å²) in [5.41, 5.74) is 0. The molecule has 0 aliphatic carbocycles. The first-order valence-corrected chi connectivity index (χ1v) is 5.40. The maximum Gasteiger partial charge on any atom is 0.352 e. The molecule has 4 nitrogen and oxygen atoms in total. The summed E-state index contributed by atoms with van der Waals surface area (Å²) in [6, 6.07) is 0. The molecule has 14 heavy (non-hydrogen) atoms. The predicted molar refractivity (Wildman–Crippen MR) is 54.7 cm³/mol. The zero-order chi connectivity index (χ0) is 10.7. The molecule has 0 N–H and O–H groups in total. The highest BCUT2D eigenvalue weighted by atomic mass is 35.5. The van der Waals surface area contributed by atoms with Crippen LogP contribution in [-0.4, -0.2) is 36.2 Å². The van der Waals surface area contributed by atoms with Crippen LogP contribution in [0.2, 0.25) is 0 Å². The molecule has 78 valence electrons. The fraction of sp³-hybridized carbons (Fsp3) is 0.500. The lowest BCUT2D eigenvalue weighted by atomic mass is 10.5. The Balaban J connectivity index is 2.83. The molecule has 6 heteroatoms. The number of thioether (sulfide) groups is 1. The maximum absolute atomic E-state index is 11.2. The van der Waals surface area contributed by atoms with Crippen LogP contribution in [0.3, 0.4) is 0 Å². The van der Waals surface area contributed by atoms with Crippen molar-refractivity contribution in [2.75, 3.05) is 19.4 Å². The van der Waals surface area contributed by atoms with Crippen molar-refractivity contribution in [3.05, 3.63) is 10.1 Å². The number of nitrogens with zero attached hydrogens (tertiary/aromatic N) is 1. The van der Waals surface area contributed by atoms with Crippen LogP contribution in [0.1, 0.15) is 6.92 Å². The van der Waals surface area contributed by atoms with E-state index in [9.17, 15) is 9.59 Å². The fourth-order valence-electron chi connectivity index (χ4n) is 0.929. The van der Waals surface area contributed by atoms with Gasteiger partial charge in [-0.2, -0.15) is 0 Å². The van der Waals surface area contributed by atoms with E-state index in [1.807, 2.05) is 0 Å². The Morgan fingerprint density at radius 1 is 1.71 bits per heavy atom. The van der Waals surface area contributed by atoms with Gasteiger partial charge in [0.25, 0.3) is 0 Å². The summed E-state index contributed by atoms with van der Waals surface area (Å²) < 4.78 is 4.72. The zero-order valence-electron chi connectivity index (χ0n) is 7.87. The van der Waals surface area contributed by atoms with Gasteiger partial charge in [0.1, 0.15) is 5.03 Å². The predicted octanol–water partition coefficient (Wildman–Crippen LogP) is 1.16. The van der Waals surface area contributed by atoms with Crippen molar-refractivity contribution in [1.82, 2.24) is 4.90 Å². The van der Waals surface area contributed by atoms with Gasteiger partial charge in [-0.05, 0) is 6.92 Å². The van der Waals surface area contributed by atoms with Crippen LogP contribution in [-0.2, 0) is 14.3 Å². The largest absolute Gasteiger partial charge is 0.462 e. The van der Waals surface area contributed by atoms with E-state index >= 15 is 0 Å². The molecular formula is C8H10ClNO3S. The molecule has 0 bridgehead atoms. The van der Waals surface area contributed by atoms with Gasteiger partial charge in [0, 0.05) is 7.05 Å². The Bertz CT molecular complexity index is 303. The number of carbonyl (C=O) groups is 2. The van der Waals surface area contributed by atoms with E-state index in [2.05, 4.69) is 0 Å². The third-order valence-corrected chi connectivity index (χ3v) is 3.24. The molecule has 0 aromatic carbocycles. The Hall–Kier alpha value is -0.680. The summed E-state index contributed by atoms with van der Waals surface area (Å²) in [6.07, 6.45) is 0. The van der Waals surface area contributed by atoms with Crippen molar-refractivity contribution in [1.29, 1.82) is 0 Å². The first-order valence-electron chi connectivity index (χ1n) is 4.04. The number of amides is 1. The topological polar surface area (TPSA) is 46.6 Å². The molecule has 0 radical (unpaired) electrons. The number of ether oxygens (including phenoxy) is 1. The molecule has 1 amide bonds. The van der Waals surface area contributed by atoms with Crippen LogP contribution in [0.25, 0.3) is 0 Å². The van der Waals surface area contributed by atoms with Crippen molar-refractivity contribution in [3.8, 4) is 0 Å². The SMILES string of the molecule is CCOC(=O)/C(Cl)=C1\SCC(=O)N1C. The van der Waals surface area contributed by atoms with Crippen molar-refractivity contribution in [2.45, 2.75) is 6.92 Å². The number of carbonyl (C=O) groups excluding carboxylic acids is 2. The lowest BCUT2D eigenvalue weighted by Gasteiger charge is -2.10. The van der Waals surface area contributed by atoms with Gasteiger partial charge < -0.3 is 9.64 Å². The van der Waals surface area contributed by atoms with Crippen LogP contribution < -0.4 is 0 Å². The molecule has 1 heterocycles. The molecule has 1 rings (SSSR count). The van der Waals surface area contributed by atoms with E-state index in [-0.39, 0.29) is 17.5 Å². The molecule has 0 atom stereocenters. The van der Waals surface area contributed by atoms with Gasteiger partial charge in [0.2, 0.25) is 5.91 Å². The molecule has 0 aromatic heterocycles. The van der Waals surface area contributed by atoms with Crippen molar-refractivity contribution < 1.29 is 14.3 Å². The number of rotatable bonds is 2. The van der Waals surface area contributed by atoms with Crippen LogP contribution in [0, 0.1) is 0 Å². The standard InChI is InChI=1S/C8H10ClNO3S/c1-3-13-8(12)6(9)7-10(2)5(11)4-14-7/h3-4H2,1-2H3/b7-6+. The molecule has 1 aliphatic rings. The minimum Gasteiger partial charge on any atom is -0.462 e. The summed E-state index contributed by atoms with van der Waals surface area (Å²) >= 11 is 7.01. The van der Waals surface area contributed by atoms with Gasteiger partial charge in [-0.3, -0.25) is 4.79 Å². The molecule has 1 aliphatic heterocycles. The van der Waals surface area contributed by atoms with Gasteiger partial charge in [-0.25, -0.2) is 4.79 Å². The second-order valence-corrected chi connectivity index (χ2v) is 3.92. The smallest absolute Gasteiger partial charge is 0.352 e. The normalized spacial score (nSPS) is 19.9. The van der Waals surface area contributed by atoms with Crippen LogP contribution in [0.15, 0.2) is 10.1 Å². The summed E-state index contributed by atoms with van der Waals surface area (Å²) in [5.74, 6) is -0.327. The number of hydrogen-bond donors (Lipinski definition) is 0. The highest BCUT2D eigenvalue weighted by molar-refractivity contribution is 8.04. The Morgan fingerprint density at radius 2 is 2.36 bits per heavy atom. The fourth-order valence-corrected chi connectivity index (χ4v) is 2.23. The molecule has 0 saturated carbocycles. The molecular weight excluding hydrogens is 226 g/mol. The quantitative estimate of drug-likeness (QED) is 0.532. The van der Waals surface area contributed by atoms with Gasteiger partial charge in [0.15, 0.2) is 5.03 Å². The van der Waals surface area contributed by atoms with Crippen molar-refractivity contribution >= 4 is 35.2 Å². The Labute approximate surface area is 91.2 Å². The third kappa shape index (κ3) is 2.22. The van der Waals surface area contributed by atoms with E-state index < -0.39 is 5.97 Å². The van der Waals surface area contributed by atoms with Gasteiger partial charge in [0.05, 0.1) is 12.4 Å². The van der Waals surface area contributed by atoms with E-state index in [1.54, 1.807) is 14.0 Å². The van der Waals surface area contributed by atoms with Crippen LogP contribution in [0.5, 0.6) is 0 Å². The van der Waals surface area contributed by atoms with Crippen molar-refractivity contribution in [3.63, 3.8) is 0 Å². The first-order chi connectivity index (χ1) is 6.57. The monoisotopic (exact) mass is 235 g/mol. The van der Waals surface area contributed by atoms with Crippen molar-refractivity contribution in [2.24, 2.45) is 0 Å². The first kappa shape index (κ1) is 11.4. The number of esters is 1. The highest BCUT2D eigenvalue weighted by Gasteiger charge is 2.28. The lowest BCUT2D eigenvalue weighted by molar-refractivity contribution is -0.137. The number of halogens is 1. The second kappa shape index (κ2) is 4.70. The molecule has 0 spiro atoms. The Kier molecular flexibility index (Phi) is 3.83. The van der Waals surface area contributed by atoms with E-state index in [1.165, 1.54) is 16.7 Å². The summed E-state index contributed by atoms with van der Waals surface area (Å²) in [4.78, 5) is 23.7. The molecule has 1 fully saturated rings. The maximum atomic E-state index is 11.2. The lowest BCUT2D eigenvalue weighted by Crippen LogP contribution is -2.20. The minimum absolute atomic E-state index is 0.0230. The van der Waals surface area contributed by atoms with Gasteiger partial charge in [-0.1, -0.05) is 23.4 Å². The molecule has 0 aromatic rings. The summed E-state index contributed by atoms with van der Waals surface area (Å²) in [6.45, 7) is 1.97. The second-order valence-electron chi connectivity index (χ2n) is 2.58. The van der Waals surface area contributed by atoms with Crippen LogP contribution in [0.4, 0.5) is 0 Å². The van der Waals surface area contributed by atoms with Crippen LogP contribution >= 0.6 is 23.4 Å². The highest BCUT2D eigenvalue weighted by Crippen LogP contribution is 2.32. The Morgan fingerprint density at radius 3 is 2.79 bits per heavy atom. The van der Waals surface area contributed by atoms with Gasteiger partial charge in [-0.15, -0.1) is 0 Å². The average molecular weight is 236 g/mol. The third-order valence-electron chi connectivity index (χ3n) is 1.65. The average Bonchev–Trinajstić information content (AvgIpc) is 2.47. The summed E-state index contributed by atoms with van der Waals surface area (Å²) in [5, 5.41) is 0.445. The van der Waals surface area contributed by atoms with E-state index in [0.29, 0.717) is 10.8 Å². The van der Waals surface area contributed by atoms with E-state index in [0.717, 1.165) is 0 Å². The zero-order valence-corrected chi connectivity index (χ0v) is 9.44. The van der Waals surface area contributed by atoms with E-state index in [4.69, 9.17) is 16.3 Å². The number of hydrogen-bond acceptors (Lipinski definition) is 4. The molecule has 1 saturated heterocycles. The summed E-state index contributed by atoms with van der Waals surface area (Å²) in [7, 11) is 1.58. The molecule has 0 unspecified atom stereocenters.